The molecule has 0 saturated carbocycles. The van der Waals surface area contributed by atoms with E-state index in [-0.39, 0.29) is 28.4 Å². The summed E-state index contributed by atoms with van der Waals surface area (Å²) >= 11 is 6.04. The number of hydrogen-bond donors (Lipinski definition) is 6. The Morgan fingerprint density at radius 1 is 1.10 bits per heavy atom. The molecule has 1 unspecified atom stereocenters. The summed E-state index contributed by atoms with van der Waals surface area (Å²) in [4.78, 5) is 40.3. The first-order valence-electron chi connectivity index (χ1n) is 11.6. The molecule has 1 atom stereocenters. The molecular weight excluding hydrogens is 532 g/mol. The number of nitrogens with zero attached hydrogens (tertiary/aromatic N) is 10. The van der Waals surface area contributed by atoms with Gasteiger partial charge in [-0.1, -0.05) is 22.0 Å². The van der Waals surface area contributed by atoms with Gasteiger partial charge in [-0.25, -0.2) is 20.0 Å². The quantitative estimate of drug-likeness (QED) is 0.133. The van der Waals surface area contributed by atoms with Gasteiger partial charge in [-0.3, -0.25) is 25.4 Å². The second-order valence-corrected chi connectivity index (χ2v) is 9.38. The van der Waals surface area contributed by atoms with Gasteiger partial charge in [0, 0.05) is 43.0 Å². The van der Waals surface area contributed by atoms with Crippen molar-refractivity contribution in [3.05, 3.63) is 40.9 Å². The molecule has 0 bridgehead atoms. The Morgan fingerprint density at radius 3 is 2.54 bits per heavy atom. The lowest BCUT2D eigenvalue weighted by atomic mass is 9.88. The molecule has 19 heteroatoms. The predicted molar refractivity (Wildman–Crippen MR) is 137 cm³/mol. The molecule has 1 spiro atoms. The van der Waals surface area contributed by atoms with Crippen molar-refractivity contribution in [3.63, 3.8) is 0 Å². The van der Waals surface area contributed by atoms with Crippen LogP contribution in [0.1, 0.15) is 33.7 Å². The van der Waals surface area contributed by atoms with Crippen LogP contribution in [0.4, 0.5) is 11.6 Å². The van der Waals surface area contributed by atoms with Crippen molar-refractivity contribution in [1.82, 2.24) is 40.2 Å². The van der Waals surface area contributed by atoms with Crippen LogP contribution in [0.3, 0.4) is 0 Å². The minimum Gasteiger partial charge on any atom is -0.338 e. The SMILES string of the molecule is NN=Nc1nc(N=NN)c(C(=O)NC2NC3(CCN(C(=O)c4ccnc5c4ccn5N)CC3)CN2N)nc1Cl. The van der Waals surface area contributed by atoms with Gasteiger partial charge in [-0.15, -0.1) is 10.2 Å². The Bertz CT molecular complexity index is 1480. The van der Waals surface area contributed by atoms with Crippen LogP contribution in [0, 0.1) is 0 Å². The predicted octanol–water partition coefficient (Wildman–Crippen LogP) is -0.424. The zero-order valence-electron chi connectivity index (χ0n) is 20.4. The maximum Gasteiger partial charge on any atom is 0.276 e. The van der Waals surface area contributed by atoms with Crippen LogP contribution in [0.15, 0.2) is 45.2 Å². The second-order valence-electron chi connectivity index (χ2n) is 9.03. The van der Waals surface area contributed by atoms with Crippen LogP contribution in [-0.2, 0) is 0 Å². The van der Waals surface area contributed by atoms with Gasteiger partial charge in [0.2, 0.25) is 11.6 Å². The molecule has 2 saturated heterocycles. The van der Waals surface area contributed by atoms with Crippen LogP contribution in [0.25, 0.3) is 11.0 Å². The first-order valence-corrected chi connectivity index (χ1v) is 12.0. The Balaban J connectivity index is 1.26. The summed E-state index contributed by atoms with van der Waals surface area (Å²) in [5.74, 6) is 21.1. The summed E-state index contributed by atoms with van der Waals surface area (Å²) in [5.41, 5.74) is 0.377. The van der Waals surface area contributed by atoms with Gasteiger partial charge >= 0.3 is 0 Å². The minimum atomic E-state index is -0.754. The Labute approximate surface area is 225 Å². The van der Waals surface area contributed by atoms with Gasteiger partial charge in [0.15, 0.2) is 16.5 Å². The summed E-state index contributed by atoms with van der Waals surface area (Å²) in [6.45, 7) is 1.38. The van der Waals surface area contributed by atoms with Crippen molar-refractivity contribution in [2.24, 2.45) is 38.2 Å². The number of halogens is 1. The molecule has 5 rings (SSSR count). The molecule has 18 nitrogen and oxygen atoms in total. The van der Waals surface area contributed by atoms with Crippen molar-refractivity contribution in [2.75, 3.05) is 25.5 Å². The number of nitrogens with one attached hydrogen (secondary N) is 2. The zero-order valence-corrected chi connectivity index (χ0v) is 21.2. The van der Waals surface area contributed by atoms with E-state index >= 15 is 0 Å². The number of pyridine rings is 1. The van der Waals surface area contributed by atoms with E-state index in [1.807, 2.05) is 0 Å². The lowest BCUT2D eigenvalue weighted by Crippen LogP contribution is -2.57. The summed E-state index contributed by atoms with van der Waals surface area (Å²) in [6, 6.07) is 3.46. The van der Waals surface area contributed by atoms with E-state index in [4.69, 9.17) is 35.0 Å². The Hall–Kier alpha value is -4.52. The number of fused-ring (bicyclic) bond motifs is 1. The minimum absolute atomic E-state index is 0.106. The van der Waals surface area contributed by atoms with Crippen LogP contribution in [-0.4, -0.2) is 72.8 Å². The van der Waals surface area contributed by atoms with Crippen molar-refractivity contribution in [3.8, 4) is 0 Å². The van der Waals surface area contributed by atoms with E-state index in [9.17, 15) is 9.59 Å². The maximum atomic E-state index is 13.3. The largest absolute Gasteiger partial charge is 0.338 e. The van der Waals surface area contributed by atoms with Crippen molar-refractivity contribution in [1.29, 1.82) is 0 Å². The molecule has 0 aliphatic carbocycles. The third-order valence-corrected chi connectivity index (χ3v) is 6.97. The third-order valence-electron chi connectivity index (χ3n) is 6.72. The lowest BCUT2D eigenvalue weighted by Gasteiger charge is -2.39. The van der Waals surface area contributed by atoms with E-state index in [1.165, 1.54) is 9.69 Å². The fraction of sp³-hybridized carbons (Fsp3) is 0.350. The van der Waals surface area contributed by atoms with Crippen molar-refractivity contribution in [2.45, 2.75) is 24.7 Å². The molecular formula is C20H25ClN16O2. The number of rotatable bonds is 5. The number of carbonyl (C=O) groups is 2. The first-order chi connectivity index (χ1) is 18.7. The van der Waals surface area contributed by atoms with Crippen LogP contribution >= 0.6 is 11.6 Å². The zero-order chi connectivity index (χ0) is 27.7. The van der Waals surface area contributed by atoms with Gasteiger partial charge < -0.3 is 27.7 Å². The summed E-state index contributed by atoms with van der Waals surface area (Å²) in [6.07, 6.45) is 3.67. The monoisotopic (exact) mass is 556 g/mol. The fourth-order valence-electron chi connectivity index (χ4n) is 4.82. The number of hydrogen-bond acceptors (Lipinski definition) is 13. The molecule has 3 aromatic rings. The van der Waals surface area contributed by atoms with E-state index in [0.717, 1.165) is 0 Å². The normalized spacial score (nSPS) is 19.5. The average Bonchev–Trinajstić information content (AvgIpc) is 3.45. The standard InChI is InChI=1S/C20H25ClN16O2/c21-13-15(32-34-23)28-14(31-33-22)12(27-13)17(38)29-19-30-20(9-37(19)25)3-7-35(8-4-20)18(39)11-1-5-26-16-10(11)2-6-36(16)24/h1-2,5-6,19,30H,3-4,7-9,24-25H2,(H,29,38)(H4,22,23,28,31,32). The number of piperidine rings is 1. The topological polar surface area (TPSA) is 262 Å². The number of nitrogens with two attached hydrogens (primary N) is 4. The molecule has 204 valence electrons. The van der Waals surface area contributed by atoms with Gasteiger partial charge in [-0.2, -0.15) is 0 Å². The number of nitrogen functional groups attached to an aromatic ring is 1. The van der Waals surface area contributed by atoms with E-state index in [1.54, 1.807) is 29.4 Å². The number of aromatic nitrogens is 4. The molecule has 39 heavy (non-hydrogen) atoms. The fourth-order valence-corrected chi connectivity index (χ4v) is 4.98. The van der Waals surface area contributed by atoms with Crippen LogP contribution in [0.5, 0.6) is 0 Å². The van der Waals surface area contributed by atoms with Gasteiger partial charge in [0.05, 0.1) is 5.56 Å². The van der Waals surface area contributed by atoms with E-state index in [0.29, 0.717) is 49.1 Å². The van der Waals surface area contributed by atoms with Crippen molar-refractivity contribution >= 4 is 46.1 Å². The Morgan fingerprint density at radius 2 is 1.82 bits per heavy atom. The average molecular weight is 557 g/mol. The van der Waals surface area contributed by atoms with E-state index in [2.05, 4.69) is 46.3 Å². The number of amides is 2. The molecule has 0 radical (unpaired) electrons. The molecule has 2 fully saturated rings. The highest BCUT2D eigenvalue weighted by atomic mass is 35.5. The number of likely N-dealkylation sites (tertiary alicyclic amines) is 1. The number of carbonyl (C=O) groups excluding carboxylic acids is 2. The van der Waals surface area contributed by atoms with Gasteiger partial charge in [-0.05, 0) is 25.0 Å². The second kappa shape index (κ2) is 10.3. The first kappa shape index (κ1) is 26.1. The van der Waals surface area contributed by atoms with Crippen LogP contribution < -0.4 is 34.0 Å². The maximum absolute atomic E-state index is 13.3. The van der Waals surface area contributed by atoms with E-state index < -0.39 is 17.7 Å². The molecule has 2 amide bonds. The highest BCUT2D eigenvalue weighted by molar-refractivity contribution is 6.31. The van der Waals surface area contributed by atoms with Gasteiger partial charge in [0.1, 0.15) is 6.29 Å². The molecule has 0 aromatic carbocycles. The highest BCUT2D eigenvalue weighted by Crippen LogP contribution is 2.30. The van der Waals surface area contributed by atoms with Crippen molar-refractivity contribution < 1.29 is 9.59 Å². The lowest BCUT2D eigenvalue weighted by molar-refractivity contribution is 0.0660. The summed E-state index contributed by atoms with van der Waals surface area (Å²) in [7, 11) is 0. The smallest absolute Gasteiger partial charge is 0.276 e. The highest BCUT2D eigenvalue weighted by Gasteiger charge is 2.45. The summed E-state index contributed by atoms with van der Waals surface area (Å²) < 4.78 is 1.38. The molecule has 10 N–H and O–H groups in total. The van der Waals surface area contributed by atoms with Crippen LogP contribution in [0.2, 0.25) is 5.15 Å². The van der Waals surface area contributed by atoms with Gasteiger partial charge in [0.25, 0.3) is 11.8 Å². The molecule has 3 aromatic heterocycles. The molecule has 2 aliphatic heterocycles. The summed E-state index contributed by atoms with van der Waals surface area (Å²) in [5, 5.41) is 21.4. The third kappa shape index (κ3) is 4.88. The number of hydrazine groups is 1. The molecule has 5 heterocycles. The Kier molecular flexibility index (Phi) is 6.91. The molecule has 2 aliphatic rings.